The lowest BCUT2D eigenvalue weighted by molar-refractivity contribution is 0.0698. The van der Waals surface area contributed by atoms with Gasteiger partial charge in [-0.25, -0.2) is 18.4 Å². The van der Waals surface area contributed by atoms with Gasteiger partial charge in [0.05, 0.1) is 11.3 Å². The van der Waals surface area contributed by atoms with Gasteiger partial charge in [0, 0.05) is 12.2 Å². The Morgan fingerprint density at radius 2 is 2.12 bits per heavy atom. The standard InChI is InChI=1S/C10H14N2O4S/c1-7-2-3-9(8(6-7)10(13)14)12-4-5-17(11,15)16/h2-3,6,12H,4-5H2,1H3,(H,13,14)(H2,11,15,16). The summed E-state index contributed by atoms with van der Waals surface area (Å²) in [4.78, 5) is 11.0. The largest absolute Gasteiger partial charge is 0.478 e. The second-order valence-corrected chi connectivity index (χ2v) is 5.38. The summed E-state index contributed by atoms with van der Waals surface area (Å²) in [6.45, 7) is 1.85. The van der Waals surface area contributed by atoms with Crippen molar-refractivity contribution in [3.05, 3.63) is 29.3 Å². The predicted octanol–water partition coefficient (Wildman–Crippen LogP) is 0.394. The molecule has 94 valence electrons. The maximum atomic E-state index is 11.0. The molecule has 0 aliphatic carbocycles. The van der Waals surface area contributed by atoms with Crippen molar-refractivity contribution >= 4 is 21.7 Å². The van der Waals surface area contributed by atoms with Gasteiger partial charge in [0.15, 0.2) is 0 Å². The molecule has 1 aromatic carbocycles. The Kier molecular flexibility index (Phi) is 4.08. The van der Waals surface area contributed by atoms with Crippen LogP contribution < -0.4 is 10.5 Å². The number of hydrogen-bond donors (Lipinski definition) is 3. The van der Waals surface area contributed by atoms with Gasteiger partial charge < -0.3 is 10.4 Å². The summed E-state index contributed by atoms with van der Waals surface area (Å²) < 4.78 is 21.4. The number of rotatable bonds is 5. The fourth-order valence-electron chi connectivity index (χ4n) is 1.32. The van der Waals surface area contributed by atoms with E-state index in [1.54, 1.807) is 19.1 Å². The van der Waals surface area contributed by atoms with E-state index in [9.17, 15) is 13.2 Å². The lowest BCUT2D eigenvalue weighted by atomic mass is 10.1. The number of aromatic carboxylic acids is 1. The summed E-state index contributed by atoms with van der Waals surface area (Å²) in [7, 11) is -3.55. The first-order chi connectivity index (χ1) is 7.79. The lowest BCUT2D eigenvalue weighted by Crippen LogP contribution is -2.22. The molecular formula is C10H14N2O4S. The quantitative estimate of drug-likeness (QED) is 0.708. The number of anilines is 1. The number of aryl methyl sites for hydroxylation is 1. The van der Waals surface area contributed by atoms with E-state index in [2.05, 4.69) is 5.32 Å². The number of carboxylic acid groups (broad SMARTS) is 1. The van der Waals surface area contributed by atoms with Gasteiger partial charge in [-0.05, 0) is 19.1 Å². The molecule has 1 rings (SSSR count). The second-order valence-electron chi connectivity index (χ2n) is 3.65. The molecule has 0 unspecified atom stereocenters. The van der Waals surface area contributed by atoms with E-state index in [0.717, 1.165) is 5.56 Å². The van der Waals surface area contributed by atoms with Crippen LogP contribution in [0.3, 0.4) is 0 Å². The Bertz CT molecular complexity index is 525. The normalized spacial score (nSPS) is 11.2. The SMILES string of the molecule is Cc1ccc(NCCS(N)(=O)=O)c(C(=O)O)c1. The molecule has 0 saturated carbocycles. The van der Waals surface area contributed by atoms with Crippen LogP contribution in [0.25, 0.3) is 0 Å². The van der Waals surface area contributed by atoms with Gasteiger partial charge in [0.2, 0.25) is 10.0 Å². The highest BCUT2D eigenvalue weighted by atomic mass is 32.2. The molecule has 0 saturated heterocycles. The van der Waals surface area contributed by atoms with E-state index in [0.29, 0.717) is 5.69 Å². The molecule has 1 aromatic rings. The van der Waals surface area contributed by atoms with E-state index in [-0.39, 0.29) is 17.9 Å². The van der Waals surface area contributed by atoms with E-state index in [4.69, 9.17) is 10.2 Å². The molecule has 0 fully saturated rings. The average molecular weight is 258 g/mol. The third-order valence-electron chi connectivity index (χ3n) is 2.11. The van der Waals surface area contributed by atoms with Crippen LogP contribution in [0, 0.1) is 6.92 Å². The van der Waals surface area contributed by atoms with Gasteiger partial charge >= 0.3 is 5.97 Å². The monoisotopic (exact) mass is 258 g/mol. The molecule has 17 heavy (non-hydrogen) atoms. The summed E-state index contributed by atoms with van der Waals surface area (Å²) >= 11 is 0. The topological polar surface area (TPSA) is 109 Å². The van der Waals surface area contributed by atoms with Crippen molar-refractivity contribution in [3.63, 3.8) is 0 Å². The highest BCUT2D eigenvalue weighted by Crippen LogP contribution is 2.17. The zero-order chi connectivity index (χ0) is 13.1. The van der Waals surface area contributed by atoms with Crippen molar-refractivity contribution in [1.29, 1.82) is 0 Å². The smallest absolute Gasteiger partial charge is 0.337 e. The molecular weight excluding hydrogens is 244 g/mol. The number of benzene rings is 1. The van der Waals surface area contributed by atoms with Crippen LogP contribution >= 0.6 is 0 Å². The molecule has 4 N–H and O–H groups in total. The van der Waals surface area contributed by atoms with Crippen molar-refractivity contribution < 1.29 is 18.3 Å². The molecule has 0 spiro atoms. The summed E-state index contributed by atoms with van der Waals surface area (Å²) in [6.07, 6.45) is 0. The molecule has 7 heteroatoms. The summed E-state index contributed by atoms with van der Waals surface area (Å²) in [5, 5.41) is 16.5. The Labute approximate surface area is 99.5 Å². The molecule has 6 nitrogen and oxygen atoms in total. The average Bonchev–Trinajstić information content (AvgIpc) is 2.18. The molecule has 0 atom stereocenters. The third kappa shape index (κ3) is 4.41. The maximum absolute atomic E-state index is 11.0. The number of hydrogen-bond acceptors (Lipinski definition) is 4. The van der Waals surface area contributed by atoms with E-state index >= 15 is 0 Å². The highest BCUT2D eigenvalue weighted by molar-refractivity contribution is 7.89. The van der Waals surface area contributed by atoms with Crippen LogP contribution in [-0.2, 0) is 10.0 Å². The summed E-state index contributed by atoms with van der Waals surface area (Å²) in [5.74, 6) is -1.31. The maximum Gasteiger partial charge on any atom is 0.337 e. The molecule has 0 amide bonds. The Balaban J connectivity index is 2.81. The molecule has 0 aliphatic rings. The van der Waals surface area contributed by atoms with Gasteiger partial charge in [-0.2, -0.15) is 0 Å². The number of carboxylic acids is 1. The van der Waals surface area contributed by atoms with Crippen LogP contribution in [0.5, 0.6) is 0 Å². The molecule has 0 aromatic heterocycles. The highest BCUT2D eigenvalue weighted by Gasteiger charge is 2.10. The van der Waals surface area contributed by atoms with Crippen molar-refractivity contribution in [2.75, 3.05) is 17.6 Å². The van der Waals surface area contributed by atoms with Gasteiger partial charge in [-0.3, -0.25) is 0 Å². The second kappa shape index (κ2) is 5.15. The number of nitrogens with one attached hydrogen (secondary N) is 1. The van der Waals surface area contributed by atoms with Gasteiger partial charge in [0.25, 0.3) is 0 Å². The first kappa shape index (κ1) is 13.5. The number of nitrogens with two attached hydrogens (primary N) is 1. The minimum absolute atomic E-state index is 0.0716. The minimum atomic E-state index is -3.55. The predicted molar refractivity (Wildman–Crippen MR) is 64.6 cm³/mol. The van der Waals surface area contributed by atoms with Crippen molar-refractivity contribution in [2.45, 2.75) is 6.92 Å². The van der Waals surface area contributed by atoms with E-state index < -0.39 is 16.0 Å². The summed E-state index contributed by atoms with van der Waals surface area (Å²) in [5.41, 5.74) is 1.31. The van der Waals surface area contributed by atoms with Gasteiger partial charge in [-0.1, -0.05) is 11.6 Å². The lowest BCUT2D eigenvalue weighted by Gasteiger charge is -2.09. The first-order valence-corrected chi connectivity index (χ1v) is 6.59. The third-order valence-corrected chi connectivity index (χ3v) is 2.88. The molecule has 0 aliphatic heterocycles. The van der Waals surface area contributed by atoms with Crippen molar-refractivity contribution in [2.24, 2.45) is 5.14 Å². The number of carbonyl (C=O) groups is 1. The fourth-order valence-corrected chi connectivity index (χ4v) is 1.70. The molecule has 0 bridgehead atoms. The van der Waals surface area contributed by atoms with E-state index in [1.165, 1.54) is 6.07 Å². The van der Waals surface area contributed by atoms with Crippen LogP contribution in [0.15, 0.2) is 18.2 Å². The zero-order valence-corrected chi connectivity index (χ0v) is 10.1. The number of primary sulfonamides is 1. The van der Waals surface area contributed by atoms with Crippen LogP contribution in [-0.4, -0.2) is 31.8 Å². The summed E-state index contributed by atoms with van der Waals surface area (Å²) in [6, 6.07) is 4.86. The van der Waals surface area contributed by atoms with Crippen LogP contribution in [0.2, 0.25) is 0 Å². The Morgan fingerprint density at radius 3 is 2.65 bits per heavy atom. The number of sulfonamides is 1. The van der Waals surface area contributed by atoms with Crippen molar-refractivity contribution in [3.8, 4) is 0 Å². The van der Waals surface area contributed by atoms with E-state index in [1.807, 2.05) is 0 Å². The Hall–Kier alpha value is -1.60. The van der Waals surface area contributed by atoms with Gasteiger partial charge in [0.1, 0.15) is 0 Å². The van der Waals surface area contributed by atoms with Crippen LogP contribution in [0.1, 0.15) is 15.9 Å². The molecule has 0 heterocycles. The van der Waals surface area contributed by atoms with Gasteiger partial charge in [-0.15, -0.1) is 0 Å². The zero-order valence-electron chi connectivity index (χ0n) is 9.30. The van der Waals surface area contributed by atoms with Crippen LogP contribution in [0.4, 0.5) is 5.69 Å². The Morgan fingerprint density at radius 1 is 1.47 bits per heavy atom. The minimum Gasteiger partial charge on any atom is -0.478 e. The molecule has 0 radical (unpaired) electrons. The van der Waals surface area contributed by atoms with Crippen molar-refractivity contribution in [1.82, 2.24) is 0 Å². The first-order valence-electron chi connectivity index (χ1n) is 4.88. The fraction of sp³-hybridized carbons (Fsp3) is 0.300.